The summed E-state index contributed by atoms with van der Waals surface area (Å²) < 4.78 is 1.75. The molecule has 1 saturated heterocycles. The molecule has 17 heavy (non-hydrogen) atoms. The first-order valence-electron chi connectivity index (χ1n) is 5.85. The zero-order chi connectivity index (χ0) is 11.5. The lowest BCUT2D eigenvalue weighted by atomic mass is 9.97. The Kier molecular flexibility index (Phi) is 2.79. The summed E-state index contributed by atoms with van der Waals surface area (Å²) in [5.74, 6) is 2.13. The van der Waals surface area contributed by atoms with E-state index in [0.717, 1.165) is 37.6 Å². The summed E-state index contributed by atoms with van der Waals surface area (Å²) in [6, 6.07) is 5.75. The summed E-state index contributed by atoms with van der Waals surface area (Å²) in [7, 11) is 0. The van der Waals surface area contributed by atoms with Crippen molar-refractivity contribution in [2.45, 2.75) is 18.8 Å². The summed E-state index contributed by atoms with van der Waals surface area (Å²) in [5, 5.41) is 15.3. The van der Waals surface area contributed by atoms with Crippen molar-refractivity contribution in [3.8, 4) is 5.82 Å². The van der Waals surface area contributed by atoms with Gasteiger partial charge in [0.05, 0.1) is 0 Å². The molecule has 1 N–H and O–H groups in total. The van der Waals surface area contributed by atoms with E-state index in [1.54, 1.807) is 10.9 Å². The first kappa shape index (κ1) is 10.3. The topological polar surface area (TPSA) is 68.5 Å². The minimum atomic E-state index is 0.424. The fourth-order valence-corrected chi connectivity index (χ4v) is 2.17. The number of nitrogens with zero attached hydrogens (tertiary/aromatic N) is 5. The predicted molar refractivity (Wildman–Crippen MR) is 61.8 cm³/mol. The normalized spacial score (nSPS) is 17.2. The highest BCUT2D eigenvalue weighted by atomic mass is 15.6. The van der Waals surface area contributed by atoms with Crippen LogP contribution >= 0.6 is 0 Å². The molecule has 0 saturated carbocycles. The molecule has 3 heterocycles. The van der Waals surface area contributed by atoms with Gasteiger partial charge in [-0.05, 0) is 48.5 Å². The van der Waals surface area contributed by atoms with E-state index >= 15 is 0 Å². The third kappa shape index (κ3) is 2.03. The molecular formula is C11H14N6. The SMILES string of the molecule is c1ccc(-n2nnnc2C2CCNCC2)nc1. The van der Waals surface area contributed by atoms with Crippen LogP contribution in [0.3, 0.4) is 0 Å². The molecule has 3 rings (SSSR count). The number of hydrogen-bond acceptors (Lipinski definition) is 5. The van der Waals surface area contributed by atoms with Gasteiger partial charge in [0.1, 0.15) is 0 Å². The summed E-state index contributed by atoms with van der Waals surface area (Å²) in [5.41, 5.74) is 0. The summed E-state index contributed by atoms with van der Waals surface area (Å²) in [6.07, 6.45) is 3.91. The molecule has 6 nitrogen and oxygen atoms in total. The third-order valence-corrected chi connectivity index (χ3v) is 3.06. The molecular weight excluding hydrogens is 216 g/mol. The highest BCUT2D eigenvalue weighted by molar-refractivity contribution is 5.21. The van der Waals surface area contributed by atoms with Gasteiger partial charge in [0.2, 0.25) is 0 Å². The number of tetrazole rings is 1. The average Bonchev–Trinajstić information content (AvgIpc) is 2.90. The van der Waals surface area contributed by atoms with Crippen molar-refractivity contribution in [3.63, 3.8) is 0 Å². The molecule has 2 aromatic heterocycles. The van der Waals surface area contributed by atoms with Gasteiger partial charge in [-0.25, -0.2) is 4.98 Å². The van der Waals surface area contributed by atoms with Crippen molar-refractivity contribution < 1.29 is 0 Å². The van der Waals surface area contributed by atoms with Crippen LogP contribution in [0.4, 0.5) is 0 Å². The van der Waals surface area contributed by atoms with Gasteiger partial charge in [-0.15, -0.1) is 5.10 Å². The lowest BCUT2D eigenvalue weighted by Gasteiger charge is -2.21. The van der Waals surface area contributed by atoms with Gasteiger partial charge < -0.3 is 5.32 Å². The van der Waals surface area contributed by atoms with Gasteiger partial charge in [-0.1, -0.05) is 6.07 Å². The first-order valence-corrected chi connectivity index (χ1v) is 5.85. The number of rotatable bonds is 2. The van der Waals surface area contributed by atoms with E-state index in [2.05, 4.69) is 25.8 Å². The lowest BCUT2D eigenvalue weighted by molar-refractivity contribution is 0.438. The first-order chi connectivity index (χ1) is 8.45. The molecule has 0 spiro atoms. The van der Waals surface area contributed by atoms with Gasteiger partial charge in [0.25, 0.3) is 0 Å². The zero-order valence-electron chi connectivity index (χ0n) is 9.45. The molecule has 1 fully saturated rings. The van der Waals surface area contributed by atoms with Gasteiger partial charge in [0, 0.05) is 12.1 Å². The number of piperidine rings is 1. The minimum Gasteiger partial charge on any atom is -0.317 e. The maximum Gasteiger partial charge on any atom is 0.161 e. The van der Waals surface area contributed by atoms with Crippen LogP contribution in [0.5, 0.6) is 0 Å². The highest BCUT2D eigenvalue weighted by Gasteiger charge is 2.22. The number of pyridine rings is 1. The Morgan fingerprint density at radius 3 is 2.88 bits per heavy atom. The Bertz CT molecular complexity index is 474. The van der Waals surface area contributed by atoms with Crippen molar-refractivity contribution in [1.29, 1.82) is 0 Å². The molecule has 0 radical (unpaired) electrons. The van der Waals surface area contributed by atoms with E-state index < -0.39 is 0 Å². The standard InChI is InChI=1S/C11H14N6/c1-2-6-13-10(3-1)17-11(14-15-16-17)9-4-7-12-8-5-9/h1-3,6,9,12H,4-5,7-8H2. The Hall–Kier alpha value is -1.82. The monoisotopic (exact) mass is 230 g/mol. The van der Waals surface area contributed by atoms with Gasteiger partial charge in [-0.2, -0.15) is 4.68 Å². The van der Waals surface area contributed by atoms with Crippen molar-refractivity contribution in [3.05, 3.63) is 30.2 Å². The smallest absolute Gasteiger partial charge is 0.161 e. The molecule has 0 unspecified atom stereocenters. The van der Waals surface area contributed by atoms with Crippen molar-refractivity contribution in [2.24, 2.45) is 0 Å². The van der Waals surface area contributed by atoms with Crippen LogP contribution in [0.1, 0.15) is 24.6 Å². The van der Waals surface area contributed by atoms with E-state index in [0.29, 0.717) is 5.92 Å². The number of aromatic nitrogens is 5. The van der Waals surface area contributed by atoms with Crippen LogP contribution in [-0.2, 0) is 0 Å². The third-order valence-electron chi connectivity index (χ3n) is 3.06. The summed E-state index contributed by atoms with van der Waals surface area (Å²) in [4.78, 5) is 4.28. The van der Waals surface area contributed by atoms with Crippen LogP contribution in [0, 0.1) is 0 Å². The Balaban J connectivity index is 1.93. The molecule has 0 aliphatic carbocycles. The van der Waals surface area contributed by atoms with E-state index in [-0.39, 0.29) is 0 Å². The molecule has 0 bridgehead atoms. The van der Waals surface area contributed by atoms with Crippen LogP contribution in [0.15, 0.2) is 24.4 Å². The van der Waals surface area contributed by atoms with Gasteiger partial charge >= 0.3 is 0 Å². The Morgan fingerprint density at radius 1 is 1.24 bits per heavy atom. The number of nitrogens with one attached hydrogen (secondary N) is 1. The van der Waals surface area contributed by atoms with Crippen LogP contribution in [0.25, 0.3) is 5.82 Å². The molecule has 6 heteroatoms. The highest BCUT2D eigenvalue weighted by Crippen LogP contribution is 2.23. The summed E-state index contributed by atoms with van der Waals surface area (Å²) in [6.45, 7) is 2.06. The van der Waals surface area contributed by atoms with E-state index in [1.165, 1.54) is 0 Å². The molecule has 0 atom stereocenters. The van der Waals surface area contributed by atoms with Crippen LogP contribution in [-0.4, -0.2) is 38.3 Å². The van der Waals surface area contributed by atoms with E-state index in [9.17, 15) is 0 Å². The quantitative estimate of drug-likeness (QED) is 0.814. The second-order valence-electron chi connectivity index (χ2n) is 4.16. The van der Waals surface area contributed by atoms with Crippen molar-refractivity contribution in [2.75, 3.05) is 13.1 Å². The molecule has 0 amide bonds. The molecule has 0 aromatic carbocycles. The largest absolute Gasteiger partial charge is 0.317 e. The van der Waals surface area contributed by atoms with Crippen molar-refractivity contribution in [1.82, 2.24) is 30.5 Å². The predicted octanol–water partition coefficient (Wildman–Crippen LogP) is 0.524. The van der Waals surface area contributed by atoms with E-state index in [1.807, 2.05) is 18.2 Å². The Labute approximate surface area is 99.1 Å². The average molecular weight is 230 g/mol. The zero-order valence-corrected chi connectivity index (χ0v) is 9.45. The maximum absolute atomic E-state index is 4.28. The summed E-state index contributed by atoms with van der Waals surface area (Å²) >= 11 is 0. The molecule has 1 aliphatic heterocycles. The van der Waals surface area contributed by atoms with E-state index in [4.69, 9.17) is 0 Å². The molecule has 1 aliphatic rings. The van der Waals surface area contributed by atoms with Crippen LogP contribution < -0.4 is 5.32 Å². The van der Waals surface area contributed by atoms with Gasteiger partial charge in [0.15, 0.2) is 11.6 Å². The number of hydrogen-bond donors (Lipinski definition) is 1. The lowest BCUT2D eigenvalue weighted by Crippen LogP contribution is -2.28. The molecule has 2 aromatic rings. The second kappa shape index (κ2) is 4.58. The Morgan fingerprint density at radius 2 is 2.12 bits per heavy atom. The second-order valence-corrected chi connectivity index (χ2v) is 4.16. The van der Waals surface area contributed by atoms with Crippen LogP contribution in [0.2, 0.25) is 0 Å². The fraction of sp³-hybridized carbons (Fsp3) is 0.455. The van der Waals surface area contributed by atoms with Crippen molar-refractivity contribution >= 4 is 0 Å². The minimum absolute atomic E-state index is 0.424. The molecule has 88 valence electrons. The maximum atomic E-state index is 4.28. The van der Waals surface area contributed by atoms with Gasteiger partial charge in [-0.3, -0.25) is 0 Å². The fourth-order valence-electron chi connectivity index (χ4n) is 2.17.